The van der Waals surface area contributed by atoms with E-state index in [4.69, 9.17) is 5.73 Å². The van der Waals surface area contributed by atoms with Gasteiger partial charge in [-0.15, -0.1) is 0 Å². The summed E-state index contributed by atoms with van der Waals surface area (Å²) in [5.74, 6) is 0.961. The van der Waals surface area contributed by atoms with Crippen LogP contribution in [0.5, 0.6) is 0 Å². The van der Waals surface area contributed by atoms with E-state index in [-0.39, 0.29) is 5.54 Å². The molecular weight excluding hydrogens is 234 g/mol. The molecule has 19 heavy (non-hydrogen) atoms. The molecule has 1 aliphatic carbocycles. The monoisotopic (exact) mass is 255 g/mol. The number of hydrogen-bond donors (Lipinski definition) is 2. The van der Waals surface area contributed by atoms with Crippen LogP contribution in [0, 0.1) is 0 Å². The molecule has 0 saturated heterocycles. The second-order valence-corrected chi connectivity index (χ2v) is 6.25. The number of hydrogen-bond acceptors (Lipinski definition) is 2. The average Bonchev–Trinajstić information content (AvgIpc) is 2.93. The summed E-state index contributed by atoms with van der Waals surface area (Å²) in [6, 6.07) is 6.74. The number of nitrogens with zero attached hydrogens (tertiary/aromatic N) is 1. The number of fused-ring (bicyclic) bond motifs is 1. The Bertz CT molecular complexity index is 590. The first kappa shape index (κ1) is 12.4. The van der Waals surface area contributed by atoms with Gasteiger partial charge in [-0.3, -0.25) is 0 Å². The van der Waals surface area contributed by atoms with Gasteiger partial charge in [0.1, 0.15) is 5.82 Å². The molecule has 0 unspecified atom stereocenters. The summed E-state index contributed by atoms with van der Waals surface area (Å²) in [6.07, 6.45) is 6.40. The van der Waals surface area contributed by atoms with Gasteiger partial charge >= 0.3 is 0 Å². The summed E-state index contributed by atoms with van der Waals surface area (Å²) in [6.45, 7) is 4.04. The van der Waals surface area contributed by atoms with Gasteiger partial charge in [0.25, 0.3) is 0 Å². The zero-order valence-corrected chi connectivity index (χ0v) is 11.7. The quantitative estimate of drug-likeness (QED) is 0.886. The van der Waals surface area contributed by atoms with E-state index in [1.807, 2.05) is 20.0 Å². The zero-order chi connectivity index (χ0) is 13.5. The van der Waals surface area contributed by atoms with E-state index in [0.29, 0.717) is 0 Å². The molecular formula is C16H21N3. The van der Waals surface area contributed by atoms with Crippen LogP contribution in [0.1, 0.15) is 37.2 Å². The van der Waals surface area contributed by atoms with E-state index in [2.05, 4.69) is 28.2 Å². The molecule has 1 aliphatic rings. The first-order valence-electron chi connectivity index (χ1n) is 6.96. The van der Waals surface area contributed by atoms with Gasteiger partial charge in [0.05, 0.1) is 11.9 Å². The van der Waals surface area contributed by atoms with E-state index in [9.17, 15) is 0 Å². The van der Waals surface area contributed by atoms with Crippen LogP contribution in [-0.2, 0) is 19.3 Å². The number of aromatic nitrogens is 2. The van der Waals surface area contributed by atoms with Crippen molar-refractivity contribution in [3.8, 4) is 11.3 Å². The van der Waals surface area contributed by atoms with Gasteiger partial charge in [0, 0.05) is 12.0 Å². The number of aromatic amines is 1. The van der Waals surface area contributed by atoms with Crippen LogP contribution in [0.3, 0.4) is 0 Å². The van der Waals surface area contributed by atoms with Crippen molar-refractivity contribution >= 4 is 0 Å². The Kier molecular flexibility index (Phi) is 2.94. The van der Waals surface area contributed by atoms with Crippen molar-refractivity contribution in [2.24, 2.45) is 5.73 Å². The standard InChI is InChI=1S/C16H21N3/c1-16(2,17)9-15-18-10-14(19-15)13-7-6-11-4-3-5-12(11)8-13/h6-8,10H,3-5,9,17H2,1-2H3,(H,18,19). The lowest BCUT2D eigenvalue weighted by Gasteiger charge is -2.15. The highest BCUT2D eigenvalue weighted by Gasteiger charge is 2.15. The molecule has 0 atom stereocenters. The number of benzene rings is 1. The number of H-pyrrole nitrogens is 1. The number of rotatable bonds is 3. The maximum absolute atomic E-state index is 6.03. The van der Waals surface area contributed by atoms with Gasteiger partial charge in [-0.25, -0.2) is 4.98 Å². The Labute approximate surface area is 114 Å². The van der Waals surface area contributed by atoms with E-state index in [1.165, 1.54) is 36.0 Å². The van der Waals surface area contributed by atoms with Crippen LogP contribution in [0.15, 0.2) is 24.4 Å². The summed E-state index contributed by atoms with van der Waals surface area (Å²) in [5.41, 5.74) is 11.1. The van der Waals surface area contributed by atoms with E-state index >= 15 is 0 Å². The van der Waals surface area contributed by atoms with Gasteiger partial charge in [0.15, 0.2) is 0 Å². The minimum atomic E-state index is -0.229. The molecule has 0 amide bonds. The van der Waals surface area contributed by atoms with Gasteiger partial charge in [-0.1, -0.05) is 12.1 Å². The van der Waals surface area contributed by atoms with Crippen molar-refractivity contribution < 1.29 is 0 Å². The average molecular weight is 255 g/mol. The molecule has 3 heteroatoms. The normalized spacial score (nSPS) is 14.7. The van der Waals surface area contributed by atoms with Gasteiger partial charge in [0.2, 0.25) is 0 Å². The number of aryl methyl sites for hydroxylation is 2. The summed E-state index contributed by atoms with van der Waals surface area (Å²) in [4.78, 5) is 7.82. The number of nitrogens with two attached hydrogens (primary N) is 1. The third-order valence-electron chi connectivity index (χ3n) is 3.66. The molecule has 0 bridgehead atoms. The van der Waals surface area contributed by atoms with Crippen molar-refractivity contribution in [3.63, 3.8) is 0 Å². The molecule has 0 aliphatic heterocycles. The maximum Gasteiger partial charge on any atom is 0.108 e. The molecule has 0 radical (unpaired) electrons. The Hall–Kier alpha value is -1.61. The highest BCUT2D eigenvalue weighted by Crippen LogP contribution is 2.27. The fourth-order valence-electron chi connectivity index (χ4n) is 2.77. The van der Waals surface area contributed by atoms with Crippen LogP contribution in [0.25, 0.3) is 11.3 Å². The van der Waals surface area contributed by atoms with Crippen molar-refractivity contribution in [2.75, 3.05) is 0 Å². The fourth-order valence-corrected chi connectivity index (χ4v) is 2.77. The van der Waals surface area contributed by atoms with Crippen molar-refractivity contribution in [2.45, 2.75) is 45.1 Å². The summed E-state index contributed by atoms with van der Waals surface area (Å²) in [5, 5.41) is 0. The molecule has 100 valence electrons. The first-order chi connectivity index (χ1) is 9.01. The number of imidazole rings is 1. The first-order valence-corrected chi connectivity index (χ1v) is 6.96. The van der Waals surface area contributed by atoms with E-state index < -0.39 is 0 Å². The lowest BCUT2D eigenvalue weighted by molar-refractivity contribution is 0.505. The molecule has 3 nitrogen and oxygen atoms in total. The Morgan fingerprint density at radius 3 is 2.84 bits per heavy atom. The van der Waals surface area contributed by atoms with Crippen molar-refractivity contribution in [1.82, 2.24) is 9.97 Å². The van der Waals surface area contributed by atoms with Crippen LogP contribution >= 0.6 is 0 Å². The van der Waals surface area contributed by atoms with E-state index in [1.54, 1.807) is 0 Å². The second-order valence-electron chi connectivity index (χ2n) is 6.25. The second kappa shape index (κ2) is 4.49. The molecule has 0 saturated carbocycles. The zero-order valence-electron chi connectivity index (χ0n) is 11.7. The molecule has 3 rings (SSSR count). The minimum absolute atomic E-state index is 0.229. The smallest absolute Gasteiger partial charge is 0.108 e. The van der Waals surface area contributed by atoms with Gasteiger partial charge < -0.3 is 10.7 Å². The maximum atomic E-state index is 6.03. The predicted octanol–water partition coefficient (Wildman–Crippen LogP) is 2.85. The molecule has 0 fully saturated rings. The summed E-state index contributed by atoms with van der Waals surface area (Å²) >= 11 is 0. The molecule has 3 N–H and O–H groups in total. The Morgan fingerprint density at radius 2 is 2.05 bits per heavy atom. The van der Waals surface area contributed by atoms with Crippen LogP contribution in [-0.4, -0.2) is 15.5 Å². The fraction of sp³-hybridized carbons (Fsp3) is 0.438. The predicted molar refractivity (Wildman–Crippen MR) is 78.0 cm³/mol. The van der Waals surface area contributed by atoms with Crippen molar-refractivity contribution in [1.29, 1.82) is 0 Å². The van der Waals surface area contributed by atoms with Crippen LogP contribution in [0.4, 0.5) is 0 Å². The lowest BCUT2D eigenvalue weighted by Crippen LogP contribution is -2.34. The van der Waals surface area contributed by atoms with Crippen molar-refractivity contribution in [3.05, 3.63) is 41.3 Å². The summed E-state index contributed by atoms with van der Waals surface area (Å²) in [7, 11) is 0. The third kappa shape index (κ3) is 2.71. The molecule has 1 heterocycles. The molecule has 1 aromatic carbocycles. The molecule has 2 aromatic rings. The summed E-state index contributed by atoms with van der Waals surface area (Å²) < 4.78 is 0. The molecule has 1 aromatic heterocycles. The number of nitrogens with one attached hydrogen (secondary N) is 1. The largest absolute Gasteiger partial charge is 0.342 e. The topological polar surface area (TPSA) is 54.7 Å². The third-order valence-corrected chi connectivity index (χ3v) is 3.66. The Morgan fingerprint density at radius 1 is 1.26 bits per heavy atom. The minimum Gasteiger partial charge on any atom is -0.342 e. The van der Waals surface area contributed by atoms with E-state index in [0.717, 1.165) is 17.9 Å². The molecule has 0 spiro atoms. The SMILES string of the molecule is CC(C)(N)Cc1ncc(-c2ccc3c(c2)CCC3)[nH]1. The highest BCUT2D eigenvalue weighted by atomic mass is 14.9. The lowest BCUT2D eigenvalue weighted by atomic mass is 10.0. The van der Waals surface area contributed by atoms with Gasteiger partial charge in [-0.05, 0) is 55.9 Å². The van der Waals surface area contributed by atoms with Gasteiger partial charge in [-0.2, -0.15) is 0 Å². The highest BCUT2D eigenvalue weighted by molar-refractivity contribution is 5.61. The van der Waals surface area contributed by atoms with Crippen LogP contribution < -0.4 is 5.73 Å². The Balaban J connectivity index is 1.86. The van der Waals surface area contributed by atoms with Crippen LogP contribution in [0.2, 0.25) is 0 Å².